The number of H-pyrrole nitrogens is 1. The number of para-hydroxylation sites is 1. The minimum absolute atomic E-state index is 0.0339. The first-order valence-corrected chi connectivity index (χ1v) is 10.6. The van der Waals surface area contributed by atoms with Gasteiger partial charge in [0.2, 0.25) is 5.13 Å². The molecule has 1 N–H and O–H groups in total. The molecule has 5 aromatic rings. The molecule has 0 radical (unpaired) electrons. The summed E-state index contributed by atoms with van der Waals surface area (Å²) in [6.07, 6.45) is 2.66. The number of carbonyl (C=O) groups excluding carboxylic acids is 1. The summed E-state index contributed by atoms with van der Waals surface area (Å²) in [5.74, 6) is 0.0913. The van der Waals surface area contributed by atoms with Crippen LogP contribution in [-0.2, 0) is 6.42 Å². The van der Waals surface area contributed by atoms with Gasteiger partial charge in [-0.25, -0.2) is 9.97 Å². The van der Waals surface area contributed by atoms with Crippen LogP contribution in [0.25, 0.3) is 26.4 Å². The van der Waals surface area contributed by atoms with E-state index in [2.05, 4.69) is 15.1 Å². The molecular weight excluding hydrogens is 396 g/mol. The number of fused-ring (bicyclic) bond motifs is 4. The summed E-state index contributed by atoms with van der Waals surface area (Å²) in [6, 6.07) is 17.8. The first-order chi connectivity index (χ1) is 14.7. The van der Waals surface area contributed by atoms with Crippen LogP contribution < -0.4 is 5.56 Å². The van der Waals surface area contributed by atoms with Crippen molar-refractivity contribution in [2.45, 2.75) is 18.8 Å². The van der Waals surface area contributed by atoms with Gasteiger partial charge in [0, 0.05) is 18.2 Å². The zero-order valence-electron chi connectivity index (χ0n) is 15.8. The number of benzene rings is 2. The Bertz CT molecular complexity index is 1460. The van der Waals surface area contributed by atoms with Gasteiger partial charge in [-0.15, -0.1) is 0 Å². The maximum atomic E-state index is 13.4. The lowest BCUT2D eigenvalue weighted by Crippen LogP contribution is -2.22. The van der Waals surface area contributed by atoms with E-state index < -0.39 is 0 Å². The molecular formula is C23H16N4O2S. The normalized spacial score (nSPS) is 16.3. The number of pyridine rings is 1. The molecule has 3 heterocycles. The molecule has 0 aliphatic heterocycles. The number of ketones is 1. The average molecular weight is 412 g/mol. The predicted molar refractivity (Wildman–Crippen MR) is 117 cm³/mol. The van der Waals surface area contributed by atoms with Crippen molar-refractivity contribution in [2.75, 3.05) is 0 Å². The number of nitrogens with zero attached hydrogens (tertiary/aromatic N) is 3. The number of hydrogen-bond acceptors (Lipinski definition) is 5. The van der Waals surface area contributed by atoms with Crippen molar-refractivity contribution in [1.82, 2.24) is 19.7 Å². The highest BCUT2D eigenvalue weighted by Crippen LogP contribution is 2.35. The van der Waals surface area contributed by atoms with Crippen molar-refractivity contribution >= 4 is 38.4 Å². The number of carbonyl (C=O) groups is 1. The maximum Gasteiger partial charge on any atom is 0.283 e. The third-order valence-corrected chi connectivity index (χ3v) is 6.77. The average Bonchev–Trinajstić information content (AvgIpc) is 3.35. The van der Waals surface area contributed by atoms with E-state index in [9.17, 15) is 9.59 Å². The summed E-state index contributed by atoms with van der Waals surface area (Å²) in [7, 11) is 0. The third kappa shape index (κ3) is 2.55. The second kappa shape index (κ2) is 6.47. The Labute approximate surface area is 174 Å². The largest absolute Gasteiger partial charge is 0.294 e. The van der Waals surface area contributed by atoms with Gasteiger partial charge < -0.3 is 0 Å². The smallest absolute Gasteiger partial charge is 0.283 e. The van der Waals surface area contributed by atoms with Crippen molar-refractivity contribution in [2.24, 2.45) is 0 Å². The molecule has 0 saturated carbocycles. The van der Waals surface area contributed by atoms with Crippen LogP contribution in [-0.4, -0.2) is 25.5 Å². The zero-order valence-corrected chi connectivity index (χ0v) is 16.6. The van der Waals surface area contributed by atoms with Gasteiger partial charge >= 0.3 is 0 Å². The van der Waals surface area contributed by atoms with Crippen molar-refractivity contribution in [3.8, 4) is 5.13 Å². The molecule has 0 spiro atoms. The lowest BCUT2D eigenvalue weighted by Gasteiger charge is -2.23. The van der Waals surface area contributed by atoms with Crippen molar-refractivity contribution < 1.29 is 4.79 Å². The highest BCUT2D eigenvalue weighted by molar-refractivity contribution is 7.20. The van der Waals surface area contributed by atoms with Crippen LogP contribution in [0.3, 0.4) is 0 Å². The van der Waals surface area contributed by atoms with E-state index >= 15 is 0 Å². The predicted octanol–water partition coefficient (Wildman–Crippen LogP) is 4.24. The summed E-state index contributed by atoms with van der Waals surface area (Å²) in [6.45, 7) is 0. The van der Waals surface area contributed by atoms with Crippen LogP contribution in [0.5, 0.6) is 0 Å². The van der Waals surface area contributed by atoms with Gasteiger partial charge in [-0.1, -0.05) is 53.8 Å². The molecule has 0 fully saturated rings. The van der Waals surface area contributed by atoms with Gasteiger partial charge in [0.05, 0.1) is 15.6 Å². The van der Waals surface area contributed by atoms with E-state index in [0.29, 0.717) is 34.6 Å². The molecule has 2 aromatic carbocycles. The number of rotatable bonds is 2. The molecule has 0 unspecified atom stereocenters. The number of thiazole rings is 1. The molecule has 0 bridgehead atoms. The molecule has 6 nitrogen and oxygen atoms in total. The fourth-order valence-corrected chi connectivity index (χ4v) is 5.21. The second-order valence-electron chi connectivity index (χ2n) is 7.53. The number of hydrogen-bond donors (Lipinski definition) is 1. The fraction of sp³-hybridized carbons (Fsp3) is 0.130. The topological polar surface area (TPSA) is 80.6 Å². The summed E-state index contributed by atoms with van der Waals surface area (Å²) < 4.78 is 2.45. The third-order valence-electron chi connectivity index (χ3n) is 5.75. The van der Waals surface area contributed by atoms with Crippen LogP contribution in [0.2, 0.25) is 0 Å². The first-order valence-electron chi connectivity index (χ1n) is 9.76. The fourth-order valence-electron chi connectivity index (χ4n) is 4.29. The SMILES string of the molecule is O=C1C[C@H](c2ccccc2)Cc2c1cnc1[nH]n(-c3nc4ccccc4s3)c(=O)c21. The minimum atomic E-state index is -0.213. The molecule has 3 aromatic heterocycles. The molecule has 30 heavy (non-hydrogen) atoms. The molecule has 1 aliphatic carbocycles. The summed E-state index contributed by atoms with van der Waals surface area (Å²) >= 11 is 1.44. The van der Waals surface area contributed by atoms with Gasteiger partial charge in [0.1, 0.15) is 0 Å². The van der Waals surface area contributed by atoms with Crippen LogP contribution in [0.4, 0.5) is 0 Å². The monoisotopic (exact) mass is 412 g/mol. The maximum absolute atomic E-state index is 13.4. The van der Waals surface area contributed by atoms with Gasteiger partial charge in [-0.05, 0) is 35.6 Å². The van der Waals surface area contributed by atoms with E-state index in [1.165, 1.54) is 16.0 Å². The standard InChI is InChI=1S/C23H16N4O2S/c28-18-11-14(13-6-2-1-3-7-13)10-15-16(18)12-24-21-20(15)22(29)27(26-21)23-25-17-8-4-5-9-19(17)30-23/h1-9,12,14H,10-11H2,(H,24,26)/t14-/m1/s1. The van der Waals surface area contributed by atoms with Gasteiger partial charge in [-0.2, -0.15) is 4.68 Å². The van der Waals surface area contributed by atoms with Crippen LogP contribution in [0.15, 0.2) is 65.6 Å². The van der Waals surface area contributed by atoms with Crippen LogP contribution >= 0.6 is 11.3 Å². The zero-order chi connectivity index (χ0) is 20.2. The molecule has 7 heteroatoms. The summed E-state index contributed by atoms with van der Waals surface area (Å²) in [5.41, 5.74) is 3.57. The van der Waals surface area contributed by atoms with Gasteiger partial charge in [-0.3, -0.25) is 14.7 Å². The van der Waals surface area contributed by atoms with E-state index in [-0.39, 0.29) is 17.3 Å². The first kappa shape index (κ1) is 17.3. The van der Waals surface area contributed by atoms with Crippen LogP contribution in [0.1, 0.15) is 33.8 Å². The van der Waals surface area contributed by atoms with Crippen molar-refractivity contribution in [3.05, 3.63) is 87.8 Å². The Hall–Kier alpha value is -3.58. The van der Waals surface area contributed by atoms with Crippen molar-refractivity contribution in [3.63, 3.8) is 0 Å². The van der Waals surface area contributed by atoms with Crippen molar-refractivity contribution in [1.29, 1.82) is 0 Å². The van der Waals surface area contributed by atoms with Crippen LogP contribution in [0, 0.1) is 0 Å². The Morgan fingerprint density at radius 2 is 1.80 bits per heavy atom. The Kier molecular flexibility index (Phi) is 3.73. The Morgan fingerprint density at radius 1 is 1.00 bits per heavy atom. The van der Waals surface area contributed by atoms with Gasteiger partial charge in [0.25, 0.3) is 5.56 Å². The molecule has 0 amide bonds. The van der Waals surface area contributed by atoms with E-state index in [4.69, 9.17) is 0 Å². The van der Waals surface area contributed by atoms with E-state index in [1.807, 2.05) is 54.6 Å². The highest BCUT2D eigenvalue weighted by Gasteiger charge is 2.30. The summed E-state index contributed by atoms with van der Waals surface area (Å²) in [4.78, 5) is 35.2. The Morgan fingerprint density at radius 3 is 2.63 bits per heavy atom. The lowest BCUT2D eigenvalue weighted by atomic mass is 9.79. The molecule has 0 saturated heterocycles. The molecule has 146 valence electrons. The highest BCUT2D eigenvalue weighted by atomic mass is 32.1. The second-order valence-corrected chi connectivity index (χ2v) is 8.54. The molecule has 1 atom stereocenters. The Balaban J connectivity index is 1.53. The number of aromatic amines is 1. The van der Waals surface area contributed by atoms with E-state index in [1.54, 1.807) is 6.20 Å². The molecule has 6 rings (SSSR count). The quantitative estimate of drug-likeness (QED) is 0.470. The number of Topliss-reactive ketones (excluding diaryl/α,β-unsaturated/α-hetero) is 1. The summed E-state index contributed by atoms with van der Waals surface area (Å²) in [5, 5.41) is 4.14. The van der Waals surface area contributed by atoms with Gasteiger partial charge in [0.15, 0.2) is 11.4 Å². The number of aromatic nitrogens is 4. The lowest BCUT2D eigenvalue weighted by molar-refractivity contribution is 0.0964. The molecule has 1 aliphatic rings. The number of nitrogens with one attached hydrogen (secondary N) is 1. The van der Waals surface area contributed by atoms with E-state index in [0.717, 1.165) is 21.3 Å². The minimum Gasteiger partial charge on any atom is -0.294 e.